The van der Waals surface area contributed by atoms with Crippen molar-refractivity contribution in [3.8, 4) is 11.4 Å². The highest BCUT2D eigenvalue weighted by atomic mass is 32.2. The van der Waals surface area contributed by atoms with Crippen molar-refractivity contribution in [1.29, 1.82) is 0 Å². The van der Waals surface area contributed by atoms with E-state index < -0.39 is 0 Å². The SMILES string of the molecule is OCCCCCSc1nnnn1-c1ccc(O)cc1. The van der Waals surface area contributed by atoms with Crippen molar-refractivity contribution >= 4 is 11.8 Å². The molecule has 0 bridgehead atoms. The molecule has 102 valence electrons. The Balaban J connectivity index is 1.96. The molecule has 0 unspecified atom stereocenters. The van der Waals surface area contributed by atoms with Crippen molar-refractivity contribution in [3.63, 3.8) is 0 Å². The maximum absolute atomic E-state index is 9.26. The lowest BCUT2D eigenvalue weighted by molar-refractivity contribution is 0.284. The van der Waals surface area contributed by atoms with Crippen molar-refractivity contribution in [2.75, 3.05) is 12.4 Å². The van der Waals surface area contributed by atoms with E-state index in [2.05, 4.69) is 15.5 Å². The number of aliphatic hydroxyl groups is 1. The molecule has 7 heteroatoms. The van der Waals surface area contributed by atoms with Gasteiger partial charge in [-0.15, -0.1) is 5.10 Å². The summed E-state index contributed by atoms with van der Waals surface area (Å²) in [6.45, 7) is 0.246. The van der Waals surface area contributed by atoms with Crippen LogP contribution in [0.1, 0.15) is 19.3 Å². The van der Waals surface area contributed by atoms with Gasteiger partial charge in [-0.1, -0.05) is 18.2 Å². The topological polar surface area (TPSA) is 84.1 Å². The second kappa shape index (κ2) is 7.10. The van der Waals surface area contributed by atoms with Gasteiger partial charge in [0, 0.05) is 12.4 Å². The first-order valence-electron chi connectivity index (χ1n) is 6.12. The van der Waals surface area contributed by atoms with E-state index in [9.17, 15) is 5.11 Å². The summed E-state index contributed by atoms with van der Waals surface area (Å²) in [5.41, 5.74) is 0.820. The molecule has 2 rings (SSSR count). The molecule has 0 saturated carbocycles. The molecule has 0 aliphatic carbocycles. The van der Waals surface area contributed by atoms with Crippen LogP contribution in [-0.4, -0.2) is 42.8 Å². The van der Waals surface area contributed by atoms with Crippen LogP contribution in [0.3, 0.4) is 0 Å². The number of aromatic nitrogens is 4. The second-order valence-corrected chi connectivity index (χ2v) is 5.08. The first-order chi connectivity index (χ1) is 9.31. The van der Waals surface area contributed by atoms with Gasteiger partial charge in [0.2, 0.25) is 5.16 Å². The van der Waals surface area contributed by atoms with Gasteiger partial charge in [0.1, 0.15) is 5.75 Å². The van der Waals surface area contributed by atoms with Crippen LogP contribution < -0.4 is 0 Å². The first-order valence-corrected chi connectivity index (χ1v) is 7.11. The van der Waals surface area contributed by atoms with E-state index in [4.69, 9.17) is 5.11 Å². The third-order valence-electron chi connectivity index (χ3n) is 2.57. The zero-order valence-corrected chi connectivity index (χ0v) is 11.3. The second-order valence-electron chi connectivity index (χ2n) is 4.02. The summed E-state index contributed by atoms with van der Waals surface area (Å²) < 4.78 is 1.65. The third-order valence-corrected chi connectivity index (χ3v) is 3.57. The summed E-state index contributed by atoms with van der Waals surface area (Å²) in [4.78, 5) is 0. The number of hydrogen-bond acceptors (Lipinski definition) is 6. The molecule has 19 heavy (non-hydrogen) atoms. The zero-order chi connectivity index (χ0) is 13.5. The van der Waals surface area contributed by atoms with Crippen LogP contribution in [-0.2, 0) is 0 Å². The lowest BCUT2D eigenvalue weighted by Crippen LogP contribution is -1.99. The van der Waals surface area contributed by atoms with Crippen molar-refractivity contribution in [2.24, 2.45) is 0 Å². The Morgan fingerprint density at radius 2 is 1.89 bits per heavy atom. The molecular weight excluding hydrogens is 264 g/mol. The maximum atomic E-state index is 9.26. The van der Waals surface area contributed by atoms with E-state index in [1.54, 1.807) is 40.7 Å². The van der Waals surface area contributed by atoms with Crippen LogP contribution in [0.2, 0.25) is 0 Å². The Kier molecular flexibility index (Phi) is 5.17. The van der Waals surface area contributed by atoms with Crippen LogP contribution in [0.5, 0.6) is 5.75 Å². The van der Waals surface area contributed by atoms with Crippen LogP contribution in [0.25, 0.3) is 5.69 Å². The smallest absolute Gasteiger partial charge is 0.214 e. The van der Waals surface area contributed by atoms with Gasteiger partial charge in [-0.2, -0.15) is 4.68 Å². The highest BCUT2D eigenvalue weighted by Crippen LogP contribution is 2.20. The Morgan fingerprint density at radius 3 is 2.63 bits per heavy atom. The fourth-order valence-electron chi connectivity index (χ4n) is 1.58. The van der Waals surface area contributed by atoms with E-state index in [1.165, 1.54) is 0 Å². The summed E-state index contributed by atoms with van der Waals surface area (Å²) in [6.07, 6.45) is 2.86. The molecule has 2 N–H and O–H groups in total. The quantitative estimate of drug-likeness (QED) is 0.592. The minimum atomic E-state index is 0.218. The van der Waals surface area contributed by atoms with Gasteiger partial charge in [-0.05, 0) is 47.5 Å². The molecule has 0 spiro atoms. The summed E-state index contributed by atoms with van der Waals surface area (Å²) in [7, 11) is 0. The van der Waals surface area contributed by atoms with Gasteiger partial charge in [-0.25, -0.2) is 0 Å². The van der Waals surface area contributed by atoms with E-state index in [0.717, 1.165) is 35.9 Å². The number of unbranched alkanes of at least 4 members (excludes halogenated alkanes) is 2. The molecule has 1 aromatic heterocycles. The number of phenolic OH excluding ortho intramolecular Hbond substituents is 1. The fourth-order valence-corrected chi connectivity index (χ4v) is 2.47. The predicted molar refractivity (Wildman–Crippen MR) is 72.5 cm³/mol. The molecule has 6 nitrogen and oxygen atoms in total. The summed E-state index contributed by atoms with van der Waals surface area (Å²) in [5.74, 6) is 1.13. The average molecular weight is 280 g/mol. The number of benzene rings is 1. The highest BCUT2D eigenvalue weighted by molar-refractivity contribution is 7.99. The van der Waals surface area contributed by atoms with Gasteiger partial charge < -0.3 is 10.2 Å². The number of phenols is 1. The molecule has 0 aliphatic rings. The third kappa shape index (κ3) is 3.93. The Hall–Kier alpha value is -1.60. The van der Waals surface area contributed by atoms with Gasteiger partial charge in [0.25, 0.3) is 0 Å². The molecule has 0 saturated heterocycles. The van der Waals surface area contributed by atoms with Gasteiger partial charge in [-0.3, -0.25) is 0 Å². The number of rotatable bonds is 7. The number of tetrazole rings is 1. The zero-order valence-electron chi connectivity index (χ0n) is 10.4. The van der Waals surface area contributed by atoms with Crippen molar-refractivity contribution in [2.45, 2.75) is 24.4 Å². The molecule has 0 atom stereocenters. The normalized spacial score (nSPS) is 10.8. The Labute approximate surface area is 115 Å². The monoisotopic (exact) mass is 280 g/mol. The number of thioether (sulfide) groups is 1. The molecule has 1 aromatic carbocycles. The van der Waals surface area contributed by atoms with E-state index >= 15 is 0 Å². The van der Waals surface area contributed by atoms with Crippen LogP contribution in [0, 0.1) is 0 Å². The lowest BCUT2D eigenvalue weighted by Gasteiger charge is -2.04. The van der Waals surface area contributed by atoms with E-state index in [1.807, 2.05) is 0 Å². The molecular formula is C12H16N4O2S. The molecule has 0 radical (unpaired) electrons. The summed E-state index contributed by atoms with van der Waals surface area (Å²) in [5, 5.41) is 30.3. The average Bonchev–Trinajstić information content (AvgIpc) is 2.88. The van der Waals surface area contributed by atoms with Gasteiger partial charge >= 0.3 is 0 Å². The van der Waals surface area contributed by atoms with E-state index in [0.29, 0.717) is 0 Å². The van der Waals surface area contributed by atoms with Crippen molar-refractivity contribution < 1.29 is 10.2 Å². The molecule has 0 fully saturated rings. The van der Waals surface area contributed by atoms with Crippen LogP contribution in [0.4, 0.5) is 0 Å². The molecule has 2 aromatic rings. The molecule has 0 aliphatic heterocycles. The fraction of sp³-hybridized carbons (Fsp3) is 0.417. The van der Waals surface area contributed by atoms with Crippen LogP contribution >= 0.6 is 11.8 Å². The predicted octanol–water partition coefficient (Wildman–Crippen LogP) is 1.62. The molecule has 1 heterocycles. The number of hydrogen-bond donors (Lipinski definition) is 2. The minimum absolute atomic E-state index is 0.218. The Bertz CT molecular complexity index is 501. The van der Waals surface area contributed by atoms with Crippen molar-refractivity contribution in [3.05, 3.63) is 24.3 Å². The van der Waals surface area contributed by atoms with Gasteiger partial charge in [0.05, 0.1) is 5.69 Å². The van der Waals surface area contributed by atoms with Gasteiger partial charge in [0.15, 0.2) is 0 Å². The molecule has 0 amide bonds. The van der Waals surface area contributed by atoms with E-state index in [-0.39, 0.29) is 12.4 Å². The first kappa shape index (κ1) is 13.8. The van der Waals surface area contributed by atoms with Crippen LogP contribution in [0.15, 0.2) is 29.4 Å². The highest BCUT2D eigenvalue weighted by Gasteiger charge is 2.08. The summed E-state index contributed by atoms with van der Waals surface area (Å²) in [6, 6.07) is 6.74. The lowest BCUT2D eigenvalue weighted by atomic mass is 10.3. The largest absolute Gasteiger partial charge is 0.508 e. The number of aromatic hydroxyl groups is 1. The maximum Gasteiger partial charge on any atom is 0.214 e. The number of nitrogens with zero attached hydrogens (tertiary/aromatic N) is 4. The minimum Gasteiger partial charge on any atom is -0.508 e. The Morgan fingerprint density at radius 1 is 1.11 bits per heavy atom. The standard InChI is InChI=1S/C12H16N4O2S/c17-8-2-1-3-9-19-12-13-14-15-16(12)10-4-6-11(18)7-5-10/h4-7,17-18H,1-3,8-9H2. The summed E-state index contributed by atoms with van der Waals surface area (Å²) >= 11 is 1.59. The van der Waals surface area contributed by atoms with Crippen molar-refractivity contribution in [1.82, 2.24) is 20.2 Å². The number of aliphatic hydroxyl groups excluding tert-OH is 1.